The van der Waals surface area contributed by atoms with Gasteiger partial charge in [-0.2, -0.15) is 0 Å². The zero-order valence-corrected chi connectivity index (χ0v) is 37.4. The topological polar surface area (TPSA) is 190 Å². The van der Waals surface area contributed by atoms with Gasteiger partial charge in [-0.15, -0.1) is 0 Å². The number of alkyl halides is 1. The number of pyridine rings is 2. The van der Waals surface area contributed by atoms with E-state index in [9.17, 15) is 28.8 Å². The first kappa shape index (κ1) is 43.5. The summed E-state index contributed by atoms with van der Waals surface area (Å²) in [6.07, 6.45) is 5.85. The normalized spacial score (nSPS) is 20.6. The number of nitrogens with zero attached hydrogens (tertiary/aromatic N) is 4. The lowest BCUT2D eigenvalue weighted by Gasteiger charge is -2.50. The van der Waals surface area contributed by atoms with Crippen LogP contribution in [-0.4, -0.2) is 111 Å². The molecule has 0 aromatic carbocycles. The second kappa shape index (κ2) is 16.1. The lowest BCUT2D eigenvalue weighted by molar-refractivity contribution is -0.146. The van der Waals surface area contributed by atoms with Crippen LogP contribution in [0, 0.1) is 5.41 Å². The molecule has 1 unspecified atom stereocenters. The summed E-state index contributed by atoms with van der Waals surface area (Å²) < 4.78 is 17.0. The molecular formula is C42H47BrCl2N6O9. The lowest BCUT2D eigenvalue weighted by atomic mass is 9.73. The van der Waals surface area contributed by atoms with E-state index in [0.717, 1.165) is 41.5 Å². The number of piperidine rings is 1. The van der Waals surface area contributed by atoms with Crippen molar-refractivity contribution in [1.82, 2.24) is 30.4 Å². The van der Waals surface area contributed by atoms with Crippen LogP contribution in [0.5, 0.6) is 0 Å². The molecule has 9 rings (SSSR count). The first-order valence-corrected chi connectivity index (χ1v) is 21.4. The molecule has 2 spiro atoms. The van der Waals surface area contributed by atoms with Gasteiger partial charge in [0.25, 0.3) is 5.91 Å². The van der Waals surface area contributed by atoms with Crippen LogP contribution in [0.3, 0.4) is 0 Å². The van der Waals surface area contributed by atoms with Crippen LogP contribution in [0.25, 0.3) is 11.3 Å². The zero-order chi connectivity index (χ0) is 43.5. The number of rotatable bonds is 0. The minimum Gasteiger partial charge on any atom is -0.459 e. The number of likely N-dealkylation sites (tertiary alicyclic amines) is 2. The van der Waals surface area contributed by atoms with Gasteiger partial charge in [0.05, 0.1) is 27.6 Å². The van der Waals surface area contributed by atoms with E-state index in [1.165, 1.54) is 4.90 Å². The number of hydrogen-bond donors (Lipinski definition) is 2. The minimum atomic E-state index is -0.579. The van der Waals surface area contributed by atoms with Gasteiger partial charge in [0, 0.05) is 68.4 Å². The number of Topliss-reactive ketones (excluding diaryl/α,β-unsaturated/α-hetero) is 2. The maximum absolute atomic E-state index is 12.7. The third-order valence-corrected chi connectivity index (χ3v) is 12.4. The number of hydrogen-bond acceptors (Lipinski definition) is 11. The van der Waals surface area contributed by atoms with Crippen molar-refractivity contribution < 1.29 is 42.7 Å². The Labute approximate surface area is 365 Å². The zero-order valence-electron chi connectivity index (χ0n) is 34.3. The highest BCUT2D eigenvalue weighted by molar-refractivity contribution is 9.10. The number of fused-ring (bicyclic) bond motifs is 7. The third kappa shape index (κ3) is 8.78. The fourth-order valence-corrected chi connectivity index (χ4v) is 8.93. The van der Waals surface area contributed by atoms with Crippen LogP contribution in [0.4, 0.5) is 9.59 Å². The largest absolute Gasteiger partial charge is 0.459 e. The number of ketones is 2. The second-order valence-electron chi connectivity index (χ2n) is 18.1. The summed E-state index contributed by atoms with van der Waals surface area (Å²) in [4.78, 5) is 82.6. The van der Waals surface area contributed by atoms with Crippen molar-refractivity contribution in [3.63, 3.8) is 0 Å². The second-order valence-corrected chi connectivity index (χ2v) is 20.0. The van der Waals surface area contributed by atoms with Crippen LogP contribution in [0.15, 0.2) is 28.9 Å². The minimum absolute atomic E-state index is 0.0570. The van der Waals surface area contributed by atoms with Gasteiger partial charge in [0.2, 0.25) is 5.91 Å². The number of amides is 4. The fraction of sp³-hybridized carbons (Fsp3) is 0.524. The van der Waals surface area contributed by atoms with Crippen LogP contribution in [0.2, 0.25) is 10.3 Å². The SMILES string of the molecule is CC(C)(C)OC(=O)N1CC2(CNC(=O)CC2=O)C1.CC(C)(C)OC(=O)N1CC2(CNC(=O)c3c2oc2c3CCc3cnc(Cl)cc3-2)C1.O=C1c2cc(Cl)ncc2CCC1Br. The van der Waals surface area contributed by atoms with E-state index >= 15 is 0 Å². The third-order valence-electron chi connectivity index (χ3n) is 11.1. The molecule has 3 fully saturated rings. The molecule has 7 heterocycles. The summed E-state index contributed by atoms with van der Waals surface area (Å²) in [6.45, 7) is 13.3. The number of furan rings is 1. The monoisotopic (exact) mass is 928 g/mol. The molecule has 0 saturated carbocycles. The molecule has 2 aliphatic carbocycles. The highest BCUT2D eigenvalue weighted by Crippen LogP contribution is 2.47. The lowest BCUT2D eigenvalue weighted by Crippen LogP contribution is -2.68. The highest BCUT2D eigenvalue weighted by atomic mass is 79.9. The van der Waals surface area contributed by atoms with Crippen LogP contribution in [-0.2, 0) is 43.7 Å². The van der Waals surface area contributed by atoms with Crippen molar-refractivity contribution in [2.45, 2.75) is 95.1 Å². The van der Waals surface area contributed by atoms with E-state index in [1.807, 2.05) is 20.8 Å². The molecule has 15 nitrogen and oxygen atoms in total. The maximum Gasteiger partial charge on any atom is 0.410 e. The van der Waals surface area contributed by atoms with E-state index in [1.54, 1.807) is 50.2 Å². The molecule has 0 radical (unpaired) electrons. The van der Waals surface area contributed by atoms with Crippen LogP contribution in [0.1, 0.15) is 97.6 Å². The number of carbonyl (C=O) groups is 6. The van der Waals surface area contributed by atoms with Crippen LogP contribution < -0.4 is 10.6 Å². The molecule has 3 saturated heterocycles. The molecule has 1 atom stereocenters. The number of aromatic nitrogens is 2. The molecule has 18 heteroatoms. The highest BCUT2D eigenvalue weighted by Gasteiger charge is 2.56. The van der Waals surface area contributed by atoms with Gasteiger partial charge in [0.15, 0.2) is 11.6 Å². The number of halogens is 3. The predicted molar refractivity (Wildman–Crippen MR) is 224 cm³/mol. The number of carbonyl (C=O) groups excluding carboxylic acids is 6. The average molecular weight is 931 g/mol. The smallest absolute Gasteiger partial charge is 0.410 e. The van der Waals surface area contributed by atoms with Gasteiger partial charge in [-0.05, 0) is 90.5 Å². The van der Waals surface area contributed by atoms with E-state index in [0.29, 0.717) is 78.6 Å². The van der Waals surface area contributed by atoms with Gasteiger partial charge in [-0.1, -0.05) is 39.1 Å². The molecule has 3 aromatic heterocycles. The molecular weight excluding hydrogens is 883 g/mol. The maximum atomic E-state index is 12.7. The Morgan fingerprint density at radius 2 is 1.33 bits per heavy atom. The first-order valence-electron chi connectivity index (χ1n) is 19.7. The van der Waals surface area contributed by atoms with Crippen molar-refractivity contribution in [2.75, 3.05) is 39.3 Å². The molecule has 4 amide bonds. The van der Waals surface area contributed by atoms with E-state index < -0.39 is 28.1 Å². The Balaban J connectivity index is 0.000000150. The Morgan fingerprint density at radius 3 is 1.90 bits per heavy atom. The summed E-state index contributed by atoms with van der Waals surface area (Å²) in [5, 5.41) is 6.45. The summed E-state index contributed by atoms with van der Waals surface area (Å²) >= 11 is 15.2. The standard InChI is InChI=1S/C21H22ClN3O4.C12H18N2O4.C9H7BrClNO/c1-20(2,3)29-19(27)25-9-21(10-25)8-24-18(26)15-12-5-4-11-7-23-14(22)6-13(11)16(12)28-17(15)21;1-11(2,3)18-10(17)14-6-12(7-14)5-13-9(16)4-8(12)15;10-7-2-1-5-4-12-8(11)3-6(5)9(7)13/h6-7H,4-5,8-10H2,1-3H3,(H,24,26);4-7H2,1-3H3,(H,13,16);3-4,7H,1-2H2. The van der Waals surface area contributed by atoms with Crippen LogP contribution >= 0.6 is 39.1 Å². The fourth-order valence-electron chi connectivity index (χ4n) is 8.14. The number of aryl methyl sites for hydroxylation is 2. The van der Waals surface area contributed by atoms with Crippen molar-refractivity contribution in [3.8, 4) is 11.3 Å². The van der Waals surface area contributed by atoms with Gasteiger partial charge in [-0.25, -0.2) is 19.6 Å². The van der Waals surface area contributed by atoms with Crippen molar-refractivity contribution in [1.29, 1.82) is 0 Å². The van der Waals surface area contributed by atoms with E-state index in [4.69, 9.17) is 37.1 Å². The molecule has 4 aliphatic heterocycles. The van der Waals surface area contributed by atoms with Gasteiger partial charge >= 0.3 is 12.2 Å². The predicted octanol–water partition coefficient (Wildman–Crippen LogP) is 6.27. The van der Waals surface area contributed by atoms with E-state index in [-0.39, 0.29) is 40.7 Å². The van der Waals surface area contributed by atoms with Gasteiger partial charge in [-0.3, -0.25) is 19.2 Å². The van der Waals surface area contributed by atoms with Crippen molar-refractivity contribution in [2.24, 2.45) is 5.41 Å². The quantitative estimate of drug-likeness (QED) is 0.147. The average Bonchev–Trinajstić information content (AvgIpc) is 3.53. The van der Waals surface area contributed by atoms with Gasteiger partial charge < -0.3 is 34.3 Å². The Bertz CT molecular complexity index is 2290. The Hall–Kier alpha value is -4.54. The summed E-state index contributed by atoms with van der Waals surface area (Å²) in [7, 11) is 0. The molecule has 320 valence electrons. The summed E-state index contributed by atoms with van der Waals surface area (Å²) in [6, 6.07) is 3.44. The van der Waals surface area contributed by atoms with Crippen molar-refractivity contribution >= 4 is 74.7 Å². The Kier molecular flexibility index (Phi) is 11.7. The molecule has 3 aromatic rings. The Morgan fingerprint density at radius 1 is 0.800 bits per heavy atom. The number of ether oxygens (including phenoxy) is 2. The summed E-state index contributed by atoms with van der Waals surface area (Å²) in [5.41, 5.74) is 3.13. The molecule has 6 aliphatic rings. The molecule has 0 bridgehead atoms. The molecule has 60 heavy (non-hydrogen) atoms. The molecule has 2 N–H and O–H groups in total. The van der Waals surface area contributed by atoms with E-state index in [2.05, 4.69) is 36.5 Å². The van der Waals surface area contributed by atoms with Crippen molar-refractivity contribution in [3.05, 3.63) is 68.4 Å². The first-order chi connectivity index (χ1) is 28.1. The summed E-state index contributed by atoms with van der Waals surface area (Å²) in [5.74, 6) is 1.06. The van der Waals surface area contributed by atoms with Gasteiger partial charge in [0.1, 0.15) is 33.0 Å². The number of nitrogens with one attached hydrogen (secondary N) is 2.